The van der Waals surface area contributed by atoms with E-state index in [1.165, 1.54) is 6.07 Å². The van der Waals surface area contributed by atoms with Crippen molar-refractivity contribution in [3.8, 4) is 0 Å². The number of carbonyl (C=O) groups is 3. The van der Waals surface area contributed by atoms with Crippen molar-refractivity contribution >= 4 is 28.8 Å². The molecule has 0 radical (unpaired) electrons. The number of fused-ring (bicyclic) bond motifs is 1. The zero-order valence-electron chi connectivity index (χ0n) is 21.3. The van der Waals surface area contributed by atoms with E-state index in [0.29, 0.717) is 18.1 Å². The van der Waals surface area contributed by atoms with Crippen molar-refractivity contribution in [2.45, 2.75) is 51.2 Å². The highest BCUT2D eigenvalue weighted by Gasteiger charge is 2.34. The van der Waals surface area contributed by atoms with Crippen molar-refractivity contribution in [1.82, 2.24) is 30.7 Å². The predicted molar refractivity (Wildman–Crippen MR) is 140 cm³/mol. The Hall–Kier alpha value is -4.47. The number of aromatic nitrogens is 3. The van der Waals surface area contributed by atoms with Crippen LogP contribution in [0.25, 0.3) is 11.0 Å². The molecule has 10 nitrogen and oxygen atoms in total. The number of aryl methyl sites for hydroxylation is 1. The minimum Gasteiger partial charge on any atom is -0.361 e. The molecule has 3 N–H and O–H groups in total. The van der Waals surface area contributed by atoms with Crippen LogP contribution in [0.15, 0.2) is 65.2 Å². The van der Waals surface area contributed by atoms with E-state index < -0.39 is 23.9 Å². The molecular weight excluding hydrogens is 484 g/mol. The Kier molecular flexibility index (Phi) is 7.21. The smallest absolute Gasteiger partial charge is 0.274 e. The Morgan fingerprint density at radius 2 is 1.87 bits per heavy atom. The summed E-state index contributed by atoms with van der Waals surface area (Å²) in [5.41, 5.74) is 2.73. The van der Waals surface area contributed by atoms with Gasteiger partial charge in [0.15, 0.2) is 5.69 Å². The molecule has 2 aromatic heterocycles. The van der Waals surface area contributed by atoms with Crippen molar-refractivity contribution in [1.29, 1.82) is 0 Å². The summed E-state index contributed by atoms with van der Waals surface area (Å²) in [5.74, 6) is -0.243. The summed E-state index contributed by atoms with van der Waals surface area (Å²) in [6, 6.07) is 17.2. The van der Waals surface area contributed by atoms with Crippen LogP contribution < -0.4 is 10.6 Å². The first kappa shape index (κ1) is 25.2. The number of imidazole rings is 1. The molecular formula is C28H30N6O4. The molecule has 0 unspecified atom stereocenters. The highest BCUT2D eigenvalue weighted by molar-refractivity contribution is 5.98. The number of hydrogen-bond donors (Lipinski definition) is 3. The quantitative estimate of drug-likeness (QED) is 0.329. The average Bonchev–Trinajstić information content (AvgIpc) is 3.68. The molecule has 4 aromatic rings. The molecule has 0 saturated carbocycles. The van der Waals surface area contributed by atoms with E-state index in [1.807, 2.05) is 54.6 Å². The number of nitrogens with zero attached hydrogens (tertiary/aromatic N) is 3. The van der Waals surface area contributed by atoms with E-state index in [1.54, 1.807) is 18.7 Å². The summed E-state index contributed by atoms with van der Waals surface area (Å²) in [5, 5.41) is 9.32. The van der Waals surface area contributed by atoms with E-state index in [2.05, 4.69) is 25.8 Å². The Morgan fingerprint density at radius 3 is 2.61 bits per heavy atom. The lowest BCUT2D eigenvalue weighted by molar-refractivity contribution is -0.135. The van der Waals surface area contributed by atoms with Crippen LogP contribution in [0.1, 0.15) is 65.9 Å². The summed E-state index contributed by atoms with van der Waals surface area (Å²) in [6.45, 7) is 4.06. The number of aromatic amines is 1. The van der Waals surface area contributed by atoms with E-state index in [4.69, 9.17) is 4.52 Å². The zero-order chi connectivity index (χ0) is 26.6. The molecule has 0 spiro atoms. The minimum atomic E-state index is -1.11. The molecule has 1 fully saturated rings. The molecule has 2 aromatic carbocycles. The van der Waals surface area contributed by atoms with E-state index in [-0.39, 0.29) is 24.1 Å². The maximum atomic E-state index is 13.5. The van der Waals surface area contributed by atoms with E-state index in [0.717, 1.165) is 29.4 Å². The minimum absolute atomic E-state index is 0.0430. The van der Waals surface area contributed by atoms with Gasteiger partial charge in [-0.3, -0.25) is 14.4 Å². The molecule has 196 valence electrons. The molecule has 3 heterocycles. The fourth-order valence-corrected chi connectivity index (χ4v) is 4.85. The number of nitrogens with one attached hydrogen (secondary N) is 3. The van der Waals surface area contributed by atoms with Crippen molar-refractivity contribution in [3.05, 3.63) is 83.5 Å². The van der Waals surface area contributed by atoms with Crippen molar-refractivity contribution in [2.24, 2.45) is 0 Å². The van der Waals surface area contributed by atoms with Crippen LogP contribution in [0.4, 0.5) is 0 Å². The number of H-pyrrole nitrogens is 1. The van der Waals surface area contributed by atoms with Crippen molar-refractivity contribution < 1.29 is 18.9 Å². The summed E-state index contributed by atoms with van der Waals surface area (Å²) in [6.07, 6.45) is 1.53. The molecule has 5 rings (SSSR count). The third-order valence-electron chi connectivity index (χ3n) is 6.80. The number of carbonyl (C=O) groups excluding carboxylic acids is 3. The normalized spacial score (nSPS) is 16.8. The fraction of sp³-hybridized carbons (Fsp3) is 0.321. The summed E-state index contributed by atoms with van der Waals surface area (Å²) < 4.78 is 5.01. The maximum absolute atomic E-state index is 13.5. The van der Waals surface area contributed by atoms with Crippen molar-refractivity contribution in [3.63, 3.8) is 0 Å². The van der Waals surface area contributed by atoms with Crippen LogP contribution in [-0.4, -0.2) is 50.3 Å². The standard InChI is InChI=1S/C28H30N6O4/c1-17-15-23(33-38-17)28(37)32-22(16-25(35)34-14-8-13-24(34)19-9-4-3-5-10-19)27(36)29-18(2)26-30-20-11-6-7-12-21(20)31-26/h3-7,9-12,15,18,22,24H,8,13-14,16H2,1-2H3,(H,29,36)(H,30,31)(H,32,37)/t18-,22-,24+/m0/s1. The number of amides is 3. The molecule has 1 aliphatic heterocycles. The topological polar surface area (TPSA) is 133 Å². The van der Waals surface area contributed by atoms with Crippen LogP contribution >= 0.6 is 0 Å². The van der Waals surface area contributed by atoms with Gasteiger partial charge in [-0.05, 0) is 44.4 Å². The number of rotatable bonds is 8. The Bertz CT molecular complexity index is 1410. The number of likely N-dealkylation sites (tertiary alicyclic amines) is 1. The van der Waals surface area contributed by atoms with Crippen LogP contribution in [-0.2, 0) is 9.59 Å². The Labute approximate surface area is 219 Å². The summed E-state index contributed by atoms with van der Waals surface area (Å²) >= 11 is 0. The lowest BCUT2D eigenvalue weighted by atomic mass is 10.0. The lowest BCUT2D eigenvalue weighted by Gasteiger charge is -2.27. The number of hydrogen-bond acceptors (Lipinski definition) is 6. The number of para-hydroxylation sites is 2. The Morgan fingerprint density at radius 1 is 1.11 bits per heavy atom. The third kappa shape index (κ3) is 5.44. The Balaban J connectivity index is 1.33. The van der Waals surface area contributed by atoms with Gasteiger partial charge in [-0.1, -0.05) is 47.6 Å². The summed E-state index contributed by atoms with van der Waals surface area (Å²) in [7, 11) is 0. The molecule has 0 aliphatic carbocycles. The second-order valence-corrected chi connectivity index (χ2v) is 9.58. The van der Waals surface area contributed by atoms with Gasteiger partial charge in [0.25, 0.3) is 5.91 Å². The molecule has 1 saturated heterocycles. The molecule has 0 bridgehead atoms. The third-order valence-corrected chi connectivity index (χ3v) is 6.80. The van der Waals surface area contributed by atoms with Gasteiger partial charge in [0.2, 0.25) is 11.8 Å². The highest BCUT2D eigenvalue weighted by atomic mass is 16.5. The van der Waals surface area contributed by atoms with Gasteiger partial charge in [0.1, 0.15) is 17.6 Å². The van der Waals surface area contributed by atoms with Gasteiger partial charge in [-0.25, -0.2) is 4.98 Å². The monoisotopic (exact) mass is 514 g/mol. The first-order valence-corrected chi connectivity index (χ1v) is 12.7. The van der Waals surface area contributed by atoms with Crippen LogP contribution in [0.3, 0.4) is 0 Å². The van der Waals surface area contributed by atoms with Crippen LogP contribution in [0.2, 0.25) is 0 Å². The predicted octanol–water partition coefficient (Wildman–Crippen LogP) is 3.59. The van der Waals surface area contributed by atoms with Gasteiger partial charge in [-0.2, -0.15) is 0 Å². The molecule has 3 atom stereocenters. The molecule has 10 heteroatoms. The van der Waals surface area contributed by atoms with Gasteiger partial charge < -0.3 is 25.0 Å². The van der Waals surface area contributed by atoms with E-state index in [9.17, 15) is 14.4 Å². The zero-order valence-corrected chi connectivity index (χ0v) is 21.3. The molecule has 38 heavy (non-hydrogen) atoms. The SMILES string of the molecule is Cc1cc(C(=O)N[C@@H](CC(=O)N2CCC[C@@H]2c2ccccc2)C(=O)N[C@@H](C)c2nc3ccccc3[nH]2)no1. The maximum Gasteiger partial charge on any atom is 0.274 e. The first-order valence-electron chi connectivity index (χ1n) is 12.7. The number of benzene rings is 2. The second kappa shape index (κ2) is 10.9. The van der Waals surface area contributed by atoms with Gasteiger partial charge in [0.05, 0.1) is 29.5 Å². The van der Waals surface area contributed by atoms with Gasteiger partial charge in [-0.15, -0.1) is 0 Å². The average molecular weight is 515 g/mol. The van der Waals surface area contributed by atoms with Crippen LogP contribution in [0, 0.1) is 6.92 Å². The second-order valence-electron chi connectivity index (χ2n) is 9.58. The fourth-order valence-electron chi connectivity index (χ4n) is 4.85. The first-order chi connectivity index (χ1) is 18.4. The molecule has 3 amide bonds. The van der Waals surface area contributed by atoms with E-state index >= 15 is 0 Å². The van der Waals surface area contributed by atoms with Gasteiger partial charge in [0, 0.05) is 12.6 Å². The van der Waals surface area contributed by atoms with Gasteiger partial charge >= 0.3 is 0 Å². The largest absolute Gasteiger partial charge is 0.361 e. The van der Waals surface area contributed by atoms with Crippen LogP contribution in [0.5, 0.6) is 0 Å². The van der Waals surface area contributed by atoms with Crippen molar-refractivity contribution in [2.75, 3.05) is 6.54 Å². The summed E-state index contributed by atoms with van der Waals surface area (Å²) in [4.78, 5) is 49.3. The highest BCUT2D eigenvalue weighted by Crippen LogP contribution is 2.32. The lowest BCUT2D eigenvalue weighted by Crippen LogP contribution is -2.50. The molecule has 1 aliphatic rings.